The van der Waals surface area contributed by atoms with E-state index in [0.717, 1.165) is 75.8 Å². The van der Waals surface area contributed by atoms with Gasteiger partial charge in [-0.15, -0.1) is 0 Å². The molecular weight excluding hydrogens is 801 g/mol. The molecule has 4 unspecified atom stereocenters. The zero-order chi connectivity index (χ0) is 46.5. The van der Waals surface area contributed by atoms with Crippen LogP contribution in [0, 0.1) is 25.7 Å². The van der Waals surface area contributed by atoms with E-state index in [4.69, 9.17) is 24.5 Å². The number of amides is 4. The third-order valence-corrected chi connectivity index (χ3v) is 11.6. The van der Waals surface area contributed by atoms with Crippen molar-refractivity contribution in [3.05, 3.63) is 58.7 Å². The Morgan fingerprint density at radius 2 is 0.984 bits per heavy atom. The van der Waals surface area contributed by atoms with Gasteiger partial charge >= 0.3 is 11.9 Å². The molecule has 0 bridgehead atoms. The summed E-state index contributed by atoms with van der Waals surface area (Å²) >= 11 is 0. The zero-order valence-corrected chi connectivity index (χ0v) is 37.8. The number of aryl methyl sites for hydroxylation is 2. The normalized spacial score (nSPS) is 20.3. The Labute approximate surface area is 366 Å². The number of piperidine rings is 2. The van der Waals surface area contributed by atoms with Crippen LogP contribution >= 0.6 is 0 Å². The summed E-state index contributed by atoms with van der Waals surface area (Å²) in [4.78, 5) is 83.2. The summed E-state index contributed by atoms with van der Waals surface area (Å²) in [5, 5.41) is 28.5. The number of hydrogen-bond acceptors (Lipinski definition) is 11. The number of ether oxygens (including phenoxy) is 2. The molecule has 2 aromatic carbocycles. The lowest BCUT2D eigenvalue weighted by Crippen LogP contribution is -2.59. The van der Waals surface area contributed by atoms with Crippen LogP contribution in [-0.2, 0) is 28.7 Å². The second-order valence-electron chi connectivity index (χ2n) is 16.0. The Hall–Kier alpha value is -5.55. The molecule has 4 rings (SSSR count). The summed E-state index contributed by atoms with van der Waals surface area (Å²) in [6.07, 6.45) is 3.05. The van der Waals surface area contributed by atoms with E-state index >= 15 is 0 Å². The third kappa shape index (κ3) is 16.0. The lowest BCUT2D eigenvalue weighted by atomic mass is 9.94. The van der Waals surface area contributed by atoms with Gasteiger partial charge in [-0.2, -0.15) is 0 Å². The molecule has 2 saturated heterocycles. The summed E-state index contributed by atoms with van der Waals surface area (Å²) in [5.41, 5.74) is 3.29. The summed E-state index contributed by atoms with van der Waals surface area (Å²) in [6, 6.07) is 10.5. The predicted octanol–water partition coefficient (Wildman–Crippen LogP) is 2.54. The molecule has 2 heterocycles. The van der Waals surface area contributed by atoms with Crippen LogP contribution < -0.4 is 31.5 Å². The number of carbonyl (C=O) groups is 7. The maximum Gasteiger partial charge on any atom is 0.339 e. The van der Waals surface area contributed by atoms with Crippen molar-refractivity contribution in [3.8, 4) is 0 Å². The van der Waals surface area contributed by atoms with Crippen molar-refractivity contribution in [1.82, 2.24) is 10.6 Å². The van der Waals surface area contributed by atoms with E-state index in [2.05, 4.69) is 35.1 Å². The number of hydrogen-bond donors (Lipinski definition) is 4. The Kier molecular flexibility index (Phi) is 22.1. The average Bonchev–Trinajstić information content (AvgIpc) is 3.25. The first-order valence-electron chi connectivity index (χ1n) is 21.5. The molecule has 4 atom stereocenters. The number of esters is 2. The molecule has 0 saturated carbocycles. The first-order valence-corrected chi connectivity index (χ1v) is 21.5. The van der Waals surface area contributed by atoms with E-state index in [0.29, 0.717) is 57.6 Å². The van der Waals surface area contributed by atoms with Gasteiger partial charge in [0.15, 0.2) is 13.1 Å². The number of anilines is 2. The standard InChI is InChI=1S/2C22H33N3O4.CH2O3/c2*1-5-12-23-21(27)17-10-8-13-25(6-2,14-17)15-19(26)24-20-16(3)9-7-11-18(20)22(28)29-4;2-1(3)4/h2*7,9,11,17H,5-6,8,10,12-15H2,1-4H3,(H-,23,24,26,27,28);(H2,2,3,4). The molecule has 2 aromatic rings. The van der Waals surface area contributed by atoms with E-state index in [-0.39, 0.29) is 48.6 Å². The Bertz CT molecular complexity index is 1730. The van der Waals surface area contributed by atoms with Crippen molar-refractivity contribution >= 4 is 53.1 Å². The predicted molar refractivity (Wildman–Crippen MR) is 231 cm³/mol. The number of methoxy groups -OCH3 is 2. The van der Waals surface area contributed by atoms with Crippen molar-refractivity contribution in [3.63, 3.8) is 0 Å². The Morgan fingerprint density at radius 1 is 0.629 bits per heavy atom. The van der Waals surface area contributed by atoms with E-state index in [1.54, 1.807) is 24.3 Å². The van der Waals surface area contributed by atoms with Gasteiger partial charge in [-0.05, 0) is 95.6 Å². The highest BCUT2D eigenvalue weighted by atomic mass is 16.6. The fourth-order valence-electron chi connectivity index (χ4n) is 8.14. The monoisotopic (exact) mass is 868 g/mol. The first kappa shape index (κ1) is 52.6. The number of likely N-dealkylation sites (N-methyl/N-ethyl adjacent to an activating group) is 2. The maximum absolute atomic E-state index is 12.9. The smallest absolute Gasteiger partial charge is 0.339 e. The fourth-order valence-corrected chi connectivity index (χ4v) is 8.14. The molecule has 17 heteroatoms. The molecule has 17 nitrogen and oxygen atoms in total. The minimum absolute atomic E-state index is 0.0628. The van der Waals surface area contributed by atoms with Crippen LogP contribution in [0.15, 0.2) is 36.4 Å². The van der Waals surface area contributed by atoms with Gasteiger partial charge in [-0.3, -0.25) is 19.2 Å². The van der Waals surface area contributed by atoms with Gasteiger partial charge < -0.3 is 54.7 Å². The number of para-hydroxylation sites is 2. The zero-order valence-electron chi connectivity index (χ0n) is 37.8. The van der Waals surface area contributed by atoms with Crippen molar-refractivity contribution in [2.75, 3.05) is 90.3 Å². The van der Waals surface area contributed by atoms with Gasteiger partial charge in [0.05, 0.1) is 87.8 Å². The first-order chi connectivity index (χ1) is 29.4. The Balaban J connectivity index is 0.000000393. The highest BCUT2D eigenvalue weighted by Crippen LogP contribution is 2.28. The number of rotatable bonds is 16. The molecule has 2 aliphatic heterocycles. The van der Waals surface area contributed by atoms with Gasteiger partial charge in [-0.1, -0.05) is 38.1 Å². The maximum atomic E-state index is 12.9. The number of quaternary nitrogens is 2. The molecule has 0 spiro atoms. The topological polar surface area (TPSA) is 232 Å². The van der Waals surface area contributed by atoms with Crippen LogP contribution in [0.2, 0.25) is 0 Å². The Morgan fingerprint density at radius 3 is 1.29 bits per heavy atom. The van der Waals surface area contributed by atoms with Crippen molar-refractivity contribution < 1.29 is 62.2 Å². The van der Waals surface area contributed by atoms with Gasteiger partial charge in [0, 0.05) is 13.1 Å². The van der Waals surface area contributed by atoms with Gasteiger partial charge in [0.2, 0.25) is 11.8 Å². The molecular formula is C45H68N6O11. The van der Waals surface area contributed by atoms with Crippen LogP contribution in [0.3, 0.4) is 0 Å². The van der Waals surface area contributed by atoms with Crippen LogP contribution in [-0.4, -0.2) is 130 Å². The highest BCUT2D eigenvalue weighted by molar-refractivity contribution is 6.03. The number of nitrogens with one attached hydrogen (secondary N) is 4. The minimum Gasteiger partial charge on any atom is -0.652 e. The van der Waals surface area contributed by atoms with Gasteiger partial charge in [-0.25, -0.2) is 9.59 Å². The quantitative estimate of drug-likeness (QED) is 0.142. The number of nitrogens with zero attached hydrogens (tertiary/aromatic N) is 2. The van der Waals surface area contributed by atoms with Crippen LogP contribution in [0.1, 0.15) is 98.1 Å². The second-order valence-corrected chi connectivity index (χ2v) is 16.0. The molecule has 0 radical (unpaired) electrons. The summed E-state index contributed by atoms with van der Waals surface area (Å²) in [6.45, 7) is 18.5. The van der Waals surface area contributed by atoms with Crippen LogP contribution in [0.4, 0.5) is 16.2 Å². The fraction of sp³-hybridized carbons (Fsp3) is 0.578. The van der Waals surface area contributed by atoms with E-state index in [9.17, 15) is 28.8 Å². The number of carboxylic acid groups (broad SMARTS) is 2. The molecule has 2 aliphatic rings. The molecule has 344 valence electrons. The van der Waals surface area contributed by atoms with Crippen molar-refractivity contribution in [2.45, 2.75) is 80.1 Å². The van der Waals surface area contributed by atoms with E-state index in [1.807, 2.05) is 39.8 Å². The molecule has 2 fully saturated rings. The third-order valence-electron chi connectivity index (χ3n) is 11.6. The van der Waals surface area contributed by atoms with Gasteiger partial charge in [0.25, 0.3) is 11.8 Å². The second kappa shape index (κ2) is 26.0. The largest absolute Gasteiger partial charge is 0.652 e. The summed E-state index contributed by atoms with van der Waals surface area (Å²) in [7, 11) is 2.65. The van der Waals surface area contributed by atoms with Gasteiger partial charge in [0.1, 0.15) is 0 Å². The van der Waals surface area contributed by atoms with Crippen LogP contribution in [0.25, 0.3) is 0 Å². The van der Waals surface area contributed by atoms with Crippen molar-refractivity contribution in [2.24, 2.45) is 11.8 Å². The molecule has 4 N–H and O–H groups in total. The molecule has 62 heavy (non-hydrogen) atoms. The summed E-state index contributed by atoms with van der Waals surface area (Å²) in [5.74, 6) is -1.20. The van der Waals surface area contributed by atoms with Crippen molar-refractivity contribution in [1.29, 1.82) is 0 Å². The molecule has 0 aromatic heterocycles. The molecule has 0 aliphatic carbocycles. The number of benzene rings is 2. The highest BCUT2D eigenvalue weighted by Gasteiger charge is 2.40. The lowest BCUT2D eigenvalue weighted by molar-refractivity contribution is -0.925. The van der Waals surface area contributed by atoms with Crippen LogP contribution in [0.5, 0.6) is 0 Å². The number of carbonyl (C=O) groups excluding carboxylic acids is 7. The molecule has 4 amide bonds. The summed E-state index contributed by atoms with van der Waals surface area (Å²) < 4.78 is 10.8. The SMILES string of the molecule is CCCNC(=O)C1CCC[N+](CC)(CC(=O)Nc2c(C)cccc2C(=O)OC)C1.CCCNC(=O)C1CCC[N+](CC)(CC(=O)Nc2c(C)cccc2C(=O)OC)C1.O=C([O-])[O-]. The lowest BCUT2D eigenvalue weighted by Gasteiger charge is -2.42. The number of likely N-dealkylation sites (tertiary alicyclic amines) is 2. The minimum atomic E-state index is -2.33. The van der Waals surface area contributed by atoms with E-state index < -0.39 is 18.1 Å². The average molecular weight is 869 g/mol. The van der Waals surface area contributed by atoms with E-state index in [1.165, 1.54) is 14.2 Å².